The summed E-state index contributed by atoms with van der Waals surface area (Å²) in [7, 11) is 0. The van der Waals surface area contributed by atoms with Crippen molar-refractivity contribution < 1.29 is 9.32 Å². The summed E-state index contributed by atoms with van der Waals surface area (Å²) in [6.45, 7) is 6.47. The second kappa shape index (κ2) is 6.64. The topological polar surface area (TPSA) is 49.6 Å². The molecule has 1 saturated heterocycles. The van der Waals surface area contributed by atoms with Crippen LogP contribution < -0.4 is 0 Å². The van der Waals surface area contributed by atoms with Gasteiger partial charge in [0, 0.05) is 31.2 Å². The maximum Gasteiger partial charge on any atom is 0.227 e. The zero-order valence-electron chi connectivity index (χ0n) is 14.9. The van der Waals surface area contributed by atoms with E-state index in [0.717, 1.165) is 42.7 Å². The molecule has 5 heteroatoms. The Labute approximate surface area is 148 Å². The summed E-state index contributed by atoms with van der Waals surface area (Å²) in [4.78, 5) is 17.7. The Hall–Kier alpha value is -2.14. The second-order valence-electron chi connectivity index (χ2n) is 7.22. The minimum atomic E-state index is 0.128. The number of hydrogen-bond donors (Lipinski definition) is 0. The predicted molar refractivity (Wildman–Crippen MR) is 95.2 cm³/mol. The highest BCUT2D eigenvalue weighted by molar-refractivity contribution is 5.80. The Morgan fingerprint density at radius 2 is 1.96 bits per heavy atom. The van der Waals surface area contributed by atoms with Crippen molar-refractivity contribution >= 4 is 5.91 Å². The van der Waals surface area contributed by atoms with Crippen LogP contribution in [0.15, 0.2) is 34.9 Å². The van der Waals surface area contributed by atoms with Crippen LogP contribution in [0.1, 0.15) is 41.5 Å². The van der Waals surface area contributed by atoms with Crippen molar-refractivity contribution in [3.63, 3.8) is 0 Å². The molecule has 0 spiro atoms. The van der Waals surface area contributed by atoms with E-state index in [-0.39, 0.29) is 11.9 Å². The number of aromatic nitrogens is 1. The van der Waals surface area contributed by atoms with Gasteiger partial charge in [0.25, 0.3) is 0 Å². The fourth-order valence-electron chi connectivity index (χ4n) is 3.84. The van der Waals surface area contributed by atoms with E-state index in [4.69, 9.17) is 4.52 Å². The van der Waals surface area contributed by atoms with Gasteiger partial charge in [0.2, 0.25) is 5.91 Å². The van der Waals surface area contributed by atoms with Gasteiger partial charge in [-0.3, -0.25) is 9.69 Å². The van der Waals surface area contributed by atoms with Crippen molar-refractivity contribution in [3.8, 4) is 0 Å². The van der Waals surface area contributed by atoms with Gasteiger partial charge in [-0.15, -0.1) is 0 Å². The number of benzene rings is 1. The number of amides is 1. The molecule has 0 bridgehead atoms. The molecule has 1 atom stereocenters. The Kier molecular flexibility index (Phi) is 4.34. The van der Waals surface area contributed by atoms with Crippen molar-refractivity contribution in [2.24, 2.45) is 0 Å². The molecule has 2 fully saturated rings. The first-order valence-corrected chi connectivity index (χ1v) is 9.13. The monoisotopic (exact) mass is 339 g/mol. The molecule has 2 aliphatic rings. The second-order valence-corrected chi connectivity index (χ2v) is 7.22. The third-order valence-corrected chi connectivity index (χ3v) is 5.49. The van der Waals surface area contributed by atoms with Gasteiger partial charge >= 0.3 is 0 Å². The number of hydrogen-bond acceptors (Lipinski definition) is 4. The lowest BCUT2D eigenvalue weighted by atomic mass is 10.0. The minimum Gasteiger partial charge on any atom is -0.361 e. The van der Waals surface area contributed by atoms with Crippen LogP contribution >= 0.6 is 0 Å². The van der Waals surface area contributed by atoms with E-state index >= 15 is 0 Å². The summed E-state index contributed by atoms with van der Waals surface area (Å²) in [6, 6.07) is 11.3. The summed E-state index contributed by atoms with van der Waals surface area (Å²) >= 11 is 0. The third kappa shape index (κ3) is 3.33. The Morgan fingerprint density at radius 3 is 2.60 bits per heavy atom. The van der Waals surface area contributed by atoms with Crippen molar-refractivity contribution in [1.82, 2.24) is 15.0 Å². The molecule has 25 heavy (non-hydrogen) atoms. The van der Waals surface area contributed by atoms with E-state index in [9.17, 15) is 4.79 Å². The Morgan fingerprint density at radius 1 is 1.20 bits per heavy atom. The number of aryl methyl sites for hydroxylation is 2. The molecule has 1 saturated carbocycles. The molecular weight excluding hydrogens is 314 g/mol. The standard InChI is InChI=1S/C20H25N3O2/c1-14-18(15(2)25-21-14)12-20(24)23-11-10-22(17-8-9-17)13-19(23)16-6-4-3-5-7-16/h3-7,17,19H,8-13H2,1-2H3. The number of carbonyl (C=O) groups is 1. The van der Waals surface area contributed by atoms with Crippen LogP contribution in [-0.2, 0) is 11.2 Å². The van der Waals surface area contributed by atoms with Crippen molar-refractivity contribution in [2.45, 2.75) is 45.2 Å². The zero-order chi connectivity index (χ0) is 17.4. The van der Waals surface area contributed by atoms with Gasteiger partial charge in [0.1, 0.15) is 5.76 Å². The van der Waals surface area contributed by atoms with Gasteiger partial charge < -0.3 is 9.42 Å². The molecule has 1 aromatic carbocycles. The first kappa shape index (κ1) is 16.3. The molecule has 0 N–H and O–H groups in total. The van der Waals surface area contributed by atoms with Gasteiger partial charge in [-0.2, -0.15) is 0 Å². The fourth-order valence-corrected chi connectivity index (χ4v) is 3.84. The normalized spacial score (nSPS) is 21.5. The summed E-state index contributed by atoms with van der Waals surface area (Å²) in [5.74, 6) is 0.914. The predicted octanol–water partition coefficient (Wildman–Crippen LogP) is 2.88. The van der Waals surface area contributed by atoms with E-state index < -0.39 is 0 Å². The van der Waals surface area contributed by atoms with Crippen LogP contribution in [-0.4, -0.2) is 46.5 Å². The van der Waals surface area contributed by atoms with E-state index in [0.29, 0.717) is 6.42 Å². The molecule has 5 nitrogen and oxygen atoms in total. The smallest absolute Gasteiger partial charge is 0.227 e. The molecule has 0 radical (unpaired) electrons. The summed E-state index contributed by atoms with van der Waals surface area (Å²) in [6.07, 6.45) is 2.97. The molecule has 132 valence electrons. The Bertz CT molecular complexity index is 732. The van der Waals surface area contributed by atoms with Crippen LogP contribution in [0.5, 0.6) is 0 Å². The number of carbonyl (C=O) groups excluding carboxylic acids is 1. The molecule has 1 aromatic heterocycles. The van der Waals surface area contributed by atoms with Crippen LogP contribution in [0.25, 0.3) is 0 Å². The SMILES string of the molecule is Cc1noc(C)c1CC(=O)N1CCN(C2CC2)CC1c1ccccc1. The van der Waals surface area contributed by atoms with E-state index in [1.807, 2.05) is 19.9 Å². The fraction of sp³-hybridized carbons (Fsp3) is 0.500. The lowest BCUT2D eigenvalue weighted by molar-refractivity contribution is -0.135. The molecule has 4 rings (SSSR count). The minimum absolute atomic E-state index is 0.128. The average molecular weight is 339 g/mol. The van der Waals surface area contributed by atoms with Gasteiger partial charge in [0.15, 0.2) is 0 Å². The quantitative estimate of drug-likeness (QED) is 0.859. The molecule has 1 aliphatic carbocycles. The van der Waals surface area contributed by atoms with E-state index in [1.54, 1.807) is 0 Å². The maximum atomic E-state index is 13.1. The number of piperazine rings is 1. The lowest BCUT2D eigenvalue weighted by Gasteiger charge is -2.42. The largest absolute Gasteiger partial charge is 0.361 e. The maximum absolute atomic E-state index is 13.1. The highest BCUT2D eigenvalue weighted by Gasteiger charge is 2.37. The van der Waals surface area contributed by atoms with Crippen LogP contribution in [0.2, 0.25) is 0 Å². The van der Waals surface area contributed by atoms with E-state index in [1.165, 1.54) is 18.4 Å². The van der Waals surface area contributed by atoms with Crippen molar-refractivity contribution in [1.29, 1.82) is 0 Å². The third-order valence-electron chi connectivity index (χ3n) is 5.49. The molecule has 2 heterocycles. The first-order valence-electron chi connectivity index (χ1n) is 9.13. The van der Waals surface area contributed by atoms with Crippen LogP contribution in [0.4, 0.5) is 0 Å². The van der Waals surface area contributed by atoms with Gasteiger partial charge in [0.05, 0.1) is 18.2 Å². The Balaban J connectivity index is 1.56. The van der Waals surface area contributed by atoms with Gasteiger partial charge in [-0.25, -0.2) is 0 Å². The highest BCUT2D eigenvalue weighted by atomic mass is 16.5. The van der Waals surface area contributed by atoms with Crippen molar-refractivity contribution in [2.75, 3.05) is 19.6 Å². The number of rotatable bonds is 4. The number of nitrogens with zero attached hydrogens (tertiary/aromatic N) is 3. The first-order chi connectivity index (χ1) is 12.1. The zero-order valence-corrected chi connectivity index (χ0v) is 14.9. The molecular formula is C20H25N3O2. The molecule has 1 amide bonds. The molecule has 1 aliphatic heterocycles. The lowest BCUT2D eigenvalue weighted by Crippen LogP contribution is -2.51. The molecule has 1 unspecified atom stereocenters. The van der Waals surface area contributed by atoms with E-state index in [2.05, 4.69) is 39.2 Å². The summed E-state index contributed by atoms with van der Waals surface area (Å²) in [5.41, 5.74) is 2.97. The highest BCUT2D eigenvalue weighted by Crippen LogP contribution is 2.34. The van der Waals surface area contributed by atoms with Crippen LogP contribution in [0.3, 0.4) is 0 Å². The summed E-state index contributed by atoms with van der Waals surface area (Å²) < 4.78 is 5.22. The van der Waals surface area contributed by atoms with Crippen molar-refractivity contribution in [3.05, 3.63) is 52.9 Å². The summed E-state index contributed by atoms with van der Waals surface area (Å²) in [5, 5.41) is 3.98. The van der Waals surface area contributed by atoms with Crippen LogP contribution in [0, 0.1) is 13.8 Å². The van der Waals surface area contributed by atoms with Gasteiger partial charge in [-0.05, 0) is 32.3 Å². The van der Waals surface area contributed by atoms with Gasteiger partial charge in [-0.1, -0.05) is 35.5 Å². The average Bonchev–Trinajstić information content (AvgIpc) is 3.44. The molecule has 2 aromatic rings.